The minimum absolute atomic E-state index is 0.0153. The van der Waals surface area contributed by atoms with Crippen molar-refractivity contribution in [3.05, 3.63) is 82.8 Å². The molecule has 3 heterocycles. The second kappa shape index (κ2) is 9.54. The summed E-state index contributed by atoms with van der Waals surface area (Å²) in [4.78, 5) is 33.4. The molecule has 0 bridgehead atoms. The van der Waals surface area contributed by atoms with Crippen LogP contribution in [0.15, 0.2) is 53.3 Å². The maximum Gasteiger partial charge on any atom is 0.289 e. The lowest BCUT2D eigenvalue weighted by atomic mass is 10.0. The first-order valence-electron chi connectivity index (χ1n) is 10.9. The number of carbonyl (C=O) groups excluding carboxylic acids is 2. The lowest BCUT2D eigenvalue weighted by Crippen LogP contribution is -2.53. The molecule has 2 aromatic heterocycles. The number of nitrogens with zero attached hydrogens (tertiary/aromatic N) is 3. The molecule has 33 heavy (non-hydrogen) atoms. The van der Waals surface area contributed by atoms with Crippen molar-refractivity contribution >= 4 is 17.5 Å². The minimum Gasteiger partial charge on any atom is -0.459 e. The normalized spacial score (nSPS) is 16.6. The first kappa shape index (κ1) is 22.7. The summed E-state index contributed by atoms with van der Waals surface area (Å²) in [5, 5.41) is 2.81. The largest absolute Gasteiger partial charge is 0.459 e. The van der Waals surface area contributed by atoms with Crippen molar-refractivity contribution in [1.29, 1.82) is 0 Å². The number of anilines is 1. The number of pyridine rings is 1. The number of benzene rings is 1. The zero-order valence-electron chi connectivity index (χ0n) is 19.0. The number of aryl methyl sites for hydroxylation is 1. The van der Waals surface area contributed by atoms with Crippen LogP contribution in [0.3, 0.4) is 0 Å². The minimum atomic E-state index is -0.410. The Morgan fingerprint density at radius 2 is 2.03 bits per heavy atom. The van der Waals surface area contributed by atoms with Crippen LogP contribution in [-0.4, -0.2) is 52.3 Å². The quantitative estimate of drug-likeness (QED) is 0.635. The van der Waals surface area contributed by atoms with Gasteiger partial charge in [-0.3, -0.25) is 19.5 Å². The van der Waals surface area contributed by atoms with Crippen molar-refractivity contribution in [3.63, 3.8) is 0 Å². The van der Waals surface area contributed by atoms with Crippen LogP contribution in [0.25, 0.3) is 0 Å². The molecule has 8 heteroatoms. The summed E-state index contributed by atoms with van der Waals surface area (Å²) in [6, 6.07) is 9.64. The summed E-state index contributed by atoms with van der Waals surface area (Å²) in [7, 11) is 0. The van der Waals surface area contributed by atoms with Gasteiger partial charge in [0.25, 0.3) is 11.8 Å². The molecular weight excluding hydrogens is 423 g/mol. The SMILES string of the molecule is Cc1ccc(C(=O)Nc2cc(F)cc(CN3CCN(C(=O)c4ccco4)[C@@H](C)C3)c2C)cn1. The van der Waals surface area contributed by atoms with E-state index in [-0.39, 0.29) is 17.9 Å². The van der Waals surface area contributed by atoms with E-state index in [9.17, 15) is 14.0 Å². The Labute approximate surface area is 192 Å². The summed E-state index contributed by atoms with van der Waals surface area (Å²) in [5.74, 6) is -0.529. The van der Waals surface area contributed by atoms with Crippen molar-refractivity contribution in [2.45, 2.75) is 33.4 Å². The fourth-order valence-corrected chi connectivity index (χ4v) is 4.09. The van der Waals surface area contributed by atoms with Gasteiger partial charge >= 0.3 is 0 Å². The van der Waals surface area contributed by atoms with Gasteiger partial charge in [0.15, 0.2) is 5.76 Å². The molecule has 4 rings (SSSR count). The molecule has 1 saturated heterocycles. The highest BCUT2D eigenvalue weighted by Gasteiger charge is 2.29. The van der Waals surface area contributed by atoms with Gasteiger partial charge in [0, 0.05) is 49.8 Å². The predicted molar refractivity (Wildman–Crippen MR) is 123 cm³/mol. The van der Waals surface area contributed by atoms with Gasteiger partial charge in [-0.2, -0.15) is 0 Å². The van der Waals surface area contributed by atoms with Gasteiger partial charge in [-0.15, -0.1) is 0 Å². The highest BCUT2D eigenvalue weighted by atomic mass is 19.1. The van der Waals surface area contributed by atoms with Gasteiger partial charge in [-0.05, 0) is 68.3 Å². The van der Waals surface area contributed by atoms with Crippen LogP contribution >= 0.6 is 0 Å². The van der Waals surface area contributed by atoms with Gasteiger partial charge in [0.1, 0.15) is 5.82 Å². The fraction of sp³-hybridized carbons (Fsp3) is 0.320. The molecule has 7 nitrogen and oxygen atoms in total. The summed E-state index contributed by atoms with van der Waals surface area (Å²) >= 11 is 0. The Balaban J connectivity index is 1.44. The van der Waals surface area contributed by atoms with Gasteiger partial charge in [0.05, 0.1) is 11.8 Å². The Kier molecular flexibility index (Phi) is 6.55. The number of rotatable bonds is 5. The molecule has 0 aliphatic carbocycles. The van der Waals surface area contributed by atoms with Crippen molar-refractivity contribution in [2.24, 2.45) is 0 Å². The molecule has 0 radical (unpaired) electrons. The molecule has 2 amide bonds. The lowest BCUT2D eigenvalue weighted by Gasteiger charge is -2.39. The van der Waals surface area contributed by atoms with E-state index in [4.69, 9.17) is 4.42 Å². The van der Waals surface area contributed by atoms with E-state index in [0.29, 0.717) is 43.2 Å². The number of hydrogen-bond donors (Lipinski definition) is 1. The fourth-order valence-electron chi connectivity index (χ4n) is 4.09. The molecule has 172 valence electrons. The molecular formula is C25H27FN4O3. The summed E-state index contributed by atoms with van der Waals surface area (Å²) in [6.07, 6.45) is 3.00. The van der Waals surface area contributed by atoms with Crippen LogP contribution in [0.5, 0.6) is 0 Å². The van der Waals surface area contributed by atoms with Crippen LogP contribution in [0, 0.1) is 19.7 Å². The van der Waals surface area contributed by atoms with E-state index in [2.05, 4.69) is 15.2 Å². The van der Waals surface area contributed by atoms with E-state index in [1.807, 2.05) is 20.8 Å². The van der Waals surface area contributed by atoms with Gasteiger partial charge in [0.2, 0.25) is 0 Å². The number of furan rings is 1. The number of hydrogen-bond acceptors (Lipinski definition) is 5. The number of amides is 2. The number of halogens is 1. The number of carbonyl (C=O) groups is 2. The Bertz CT molecular complexity index is 1150. The zero-order chi connectivity index (χ0) is 23.5. The summed E-state index contributed by atoms with van der Waals surface area (Å²) < 4.78 is 19.7. The Morgan fingerprint density at radius 1 is 1.21 bits per heavy atom. The van der Waals surface area contributed by atoms with Crippen LogP contribution in [-0.2, 0) is 6.54 Å². The maximum absolute atomic E-state index is 14.4. The number of aromatic nitrogens is 1. The molecule has 1 aliphatic rings. The number of nitrogens with one attached hydrogen (secondary N) is 1. The third-order valence-corrected chi connectivity index (χ3v) is 6.00. The monoisotopic (exact) mass is 450 g/mol. The molecule has 1 fully saturated rings. The molecule has 1 N–H and O–H groups in total. The van der Waals surface area contributed by atoms with Crippen molar-refractivity contribution in [3.8, 4) is 0 Å². The first-order valence-corrected chi connectivity index (χ1v) is 10.9. The van der Waals surface area contributed by atoms with E-state index in [1.165, 1.54) is 24.6 Å². The third-order valence-electron chi connectivity index (χ3n) is 6.00. The predicted octanol–water partition coefficient (Wildman–Crippen LogP) is 4.03. The van der Waals surface area contributed by atoms with Gasteiger partial charge < -0.3 is 14.6 Å². The Hall–Kier alpha value is -3.52. The van der Waals surface area contributed by atoms with Crippen molar-refractivity contribution < 1.29 is 18.4 Å². The Morgan fingerprint density at radius 3 is 2.70 bits per heavy atom. The van der Waals surface area contributed by atoms with Crippen LogP contribution in [0.2, 0.25) is 0 Å². The van der Waals surface area contributed by atoms with E-state index < -0.39 is 5.82 Å². The third kappa shape index (κ3) is 5.12. The van der Waals surface area contributed by atoms with Crippen molar-refractivity contribution in [2.75, 3.05) is 25.0 Å². The molecule has 0 saturated carbocycles. The highest BCUT2D eigenvalue weighted by molar-refractivity contribution is 6.04. The smallest absolute Gasteiger partial charge is 0.289 e. The van der Waals surface area contributed by atoms with Crippen LogP contribution in [0.1, 0.15) is 44.7 Å². The zero-order valence-corrected chi connectivity index (χ0v) is 19.0. The molecule has 0 spiro atoms. The summed E-state index contributed by atoms with van der Waals surface area (Å²) in [6.45, 7) is 8.09. The second-order valence-electron chi connectivity index (χ2n) is 8.44. The van der Waals surface area contributed by atoms with Crippen LogP contribution in [0.4, 0.5) is 10.1 Å². The van der Waals surface area contributed by atoms with E-state index in [1.54, 1.807) is 29.2 Å². The molecule has 1 aliphatic heterocycles. The maximum atomic E-state index is 14.4. The van der Waals surface area contributed by atoms with Crippen LogP contribution < -0.4 is 5.32 Å². The average Bonchev–Trinajstić information content (AvgIpc) is 3.32. The molecule has 3 aromatic rings. The lowest BCUT2D eigenvalue weighted by molar-refractivity contribution is 0.0446. The van der Waals surface area contributed by atoms with Crippen molar-refractivity contribution in [1.82, 2.24) is 14.8 Å². The highest BCUT2D eigenvalue weighted by Crippen LogP contribution is 2.25. The topological polar surface area (TPSA) is 78.7 Å². The number of piperazine rings is 1. The van der Waals surface area contributed by atoms with Gasteiger partial charge in [-0.25, -0.2) is 4.39 Å². The van der Waals surface area contributed by atoms with Gasteiger partial charge in [-0.1, -0.05) is 0 Å². The molecule has 1 aromatic carbocycles. The van der Waals surface area contributed by atoms with E-state index in [0.717, 1.165) is 16.8 Å². The summed E-state index contributed by atoms with van der Waals surface area (Å²) in [5.41, 5.74) is 3.28. The molecule has 1 atom stereocenters. The average molecular weight is 451 g/mol. The second-order valence-corrected chi connectivity index (χ2v) is 8.44. The standard InChI is InChI=1S/C25H27FN4O3/c1-16-6-7-19(13-27-16)24(31)28-22-12-21(26)11-20(18(22)3)15-29-8-9-30(17(2)14-29)25(32)23-5-4-10-33-23/h4-7,10-13,17H,8-9,14-15H2,1-3H3,(H,28,31)/t17-/m0/s1. The first-order chi connectivity index (χ1) is 15.8. The van der Waals surface area contributed by atoms with E-state index >= 15 is 0 Å². The molecule has 0 unspecified atom stereocenters.